The number of aryl methyl sites for hydroxylation is 1. The Kier molecular flexibility index (Phi) is 5.24. The van der Waals surface area contributed by atoms with Crippen molar-refractivity contribution < 1.29 is 12.8 Å². The van der Waals surface area contributed by atoms with Crippen LogP contribution in [-0.4, -0.2) is 18.6 Å². The summed E-state index contributed by atoms with van der Waals surface area (Å²) >= 11 is 0. The number of sulfonamides is 1. The van der Waals surface area contributed by atoms with Gasteiger partial charge in [0, 0.05) is 17.7 Å². The lowest BCUT2D eigenvalue weighted by Crippen LogP contribution is -2.23. The van der Waals surface area contributed by atoms with E-state index in [4.69, 9.17) is 4.42 Å². The normalized spacial score (nSPS) is 11.5. The summed E-state index contributed by atoms with van der Waals surface area (Å²) < 4.78 is 33.0. The van der Waals surface area contributed by atoms with Gasteiger partial charge in [0.15, 0.2) is 0 Å². The molecule has 0 aliphatic heterocycles. The van der Waals surface area contributed by atoms with E-state index in [-0.39, 0.29) is 11.4 Å². The van der Waals surface area contributed by atoms with Gasteiger partial charge < -0.3 is 4.42 Å². The van der Waals surface area contributed by atoms with Crippen molar-refractivity contribution in [2.24, 2.45) is 0 Å². The quantitative estimate of drug-likeness (QED) is 0.520. The molecule has 1 aromatic heterocycles. The fourth-order valence-corrected chi connectivity index (χ4v) is 3.90. The van der Waals surface area contributed by atoms with Crippen molar-refractivity contribution in [3.63, 3.8) is 0 Å². The van der Waals surface area contributed by atoms with E-state index in [1.54, 1.807) is 30.3 Å². The Labute approximate surface area is 169 Å². The lowest BCUT2D eigenvalue weighted by atomic mass is 10.1. The minimum atomic E-state index is -3.54. The van der Waals surface area contributed by atoms with Crippen molar-refractivity contribution in [3.8, 4) is 22.9 Å². The van der Waals surface area contributed by atoms with E-state index in [0.29, 0.717) is 11.8 Å². The highest BCUT2D eigenvalue weighted by atomic mass is 32.2. The first-order chi connectivity index (χ1) is 14.0. The number of benzene rings is 3. The van der Waals surface area contributed by atoms with E-state index in [2.05, 4.69) is 14.9 Å². The maximum absolute atomic E-state index is 12.3. The third-order valence-corrected chi connectivity index (χ3v) is 5.83. The standard InChI is InChI=1S/C22H19N3O3S/c1-16-6-5-7-19(14-16)22-25-24-21(28-22)18-12-10-17(11-13-18)15-23-29(26,27)20-8-3-2-4-9-20/h2-14,23H,15H2,1H3. The molecule has 0 fully saturated rings. The van der Waals surface area contributed by atoms with Gasteiger partial charge in [-0.1, -0.05) is 48.0 Å². The maximum Gasteiger partial charge on any atom is 0.248 e. The number of hydrogen-bond donors (Lipinski definition) is 1. The van der Waals surface area contributed by atoms with Crippen LogP contribution in [0.5, 0.6) is 0 Å². The van der Waals surface area contributed by atoms with Crippen LogP contribution in [0.1, 0.15) is 11.1 Å². The van der Waals surface area contributed by atoms with E-state index in [1.807, 2.05) is 55.5 Å². The number of nitrogens with one attached hydrogen (secondary N) is 1. The molecule has 6 nitrogen and oxygen atoms in total. The highest BCUT2D eigenvalue weighted by Crippen LogP contribution is 2.24. The van der Waals surface area contributed by atoms with Gasteiger partial charge in [-0.3, -0.25) is 0 Å². The zero-order chi connectivity index (χ0) is 20.3. The van der Waals surface area contributed by atoms with E-state index in [1.165, 1.54) is 0 Å². The second kappa shape index (κ2) is 7.98. The highest BCUT2D eigenvalue weighted by Gasteiger charge is 2.14. The van der Waals surface area contributed by atoms with E-state index in [0.717, 1.165) is 22.3 Å². The van der Waals surface area contributed by atoms with Crippen molar-refractivity contribution in [2.45, 2.75) is 18.4 Å². The molecule has 0 saturated heterocycles. The first kappa shape index (κ1) is 19.0. The first-order valence-corrected chi connectivity index (χ1v) is 10.5. The van der Waals surface area contributed by atoms with E-state index < -0.39 is 10.0 Å². The van der Waals surface area contributed by atoms with Crippen LogP contribution in [0.4, 0.5) is 0 Å². The average molecular weight is 405 g/mol. The minimum absolute atomic E-state index is 0.190. The fraction of sp³-hybridized carbons (Fsp3) is 0.0909. The summed E-state index contributed by atoms with van der Waals surface area (Å²) in [5.74, 6) is 0.876. The van der Waals surface area contributed by atoms with Crippen LogP contribution in [0.3, 0.4) is 0 Å². The molecule has 7 heteroatoms. The SMILES string of the molecule is Cc1cccc(-c2nnc(-c3ccc(CNS(=O)(=O)c4ccccc4)cc3)o2)c1. The molecule has 146 valence electrons. The third kappa shape index (κ3) is 4.42. The average Bonchev–Trinajstić information content (AvgIpc) is 3.24. The van der Waals surface area contributed by atoms with Gasteiger partial charge in [0.1, 0.15) is 0 Å². The van der Waals surface area contributed by atoms with Crippen molar-refractivity contribution in [2.75, 3.05) is 0 Å². The Bertz CT molecular complexity index is 1220. The molecular formula is C22H19N3O3S. The molecule has 0 atom stereocenters. The Morgan fingerprint density at radius 2 is 1.52 bits per heavy atom. The lowest BCUT2D eigenvalue weighted by Gasteiger charge is -2.07. The van der Waals surface area contributed by atoms with E-state index in [9.17, 15) is 8.42 Å². The van der Waals surface area contributed by atoms with Crippen molar-refractivity contribution in [3.05, 3.63) is 90.0 Å². The van der Waals surface area contributed by atoms with Crippen molar-refractivity contribution in [1.82, 2.24) is 14.9 Å². The smallest absolute Gasteiger partial charge is 0.248 e. The highest BCUT2D eigenvalue weighted by molar-refractivity contribution is 7.89. The number of hydrogen-bond acceptors (Lipinski definition) is 5. The maximum atomic E-state index is 12.3. The molecule has 3 aromatic carbocycles. The molecule has 0 aliphatic rings. The van der Waals surface area contributed by atoms with Crippen LogP contribution in [-0.2, 0) is 16.6 Å². The van der Waals surface area contributed by atoms with Crippen LogP contribution < -0.4 is 4.72 Å². The molecule has 4 rings (SSSR count). The monoisotopic (exact) mass is 405 g/mol. The van der Waals surface area contributed by atoms with Crippen LogP contribution in [0.2, 0.25) is 0 Å². The molecule has 1 heterocycles. The van der Waals surface area contributed by atoms with Crippen molar-refractivity contribution in [1.29, 1.82) is 0 Å². The molecule has 0 spiro atoms. The van der Waals surface area contributed by atoms with Crippen LogP contribution >= 0.6 is 0 Å². The predicted octanol–water partition coefficient (Wildman–Crippen LogP) is 4.19. The summed E-state index contributed by atoms with van der Waals surface area (Å²) in [5, 5.41) is 8.24. The third-order valence-electron chi connectivity index (χ3n) is 4.41. The fourth-order valence-electron chi connectivity index (χ4n) is 2.86. The molecule has 0 saturated carbocycles. The minimum Gasteiger partial charge on any atom is -0.416 e. The van der Waals surface area contributed by atoms with Gasteiger partial charge in [-0.2, -0.15) is 0 Å². The Hall–Kier alpha value is -3.29. The summed E-state index contributed by atoms with van der Waals surface area (Å²) in [6, 6.07) is 23.5. The second-order valence-electron chi connectivity index (χ2n) is 6.62. The Balaban J connectivity index is 1.46. The predicted molar refractivity (Wildman–Crippen MR) is 110 cm³/mol. The van der Waals surface area contributed by atoms with Crippen LogP contribution in [0.15, 0.2) is 88.2 Å². The van der Waals surface area contributed by atoms with Gasteiger partial charge >= 0.3 is 0 Å². The molecule has 1 N–H and O–H groups in total. The van der Waals surface area contributed by atoms with E-state index >= 15 is 0 Å². The number of aromatic nitrogens is 2. The summed E-state index contributed by atoms with van der Waals surface area (Å²) in [7, 11) is -3.54. The first-order valence-electron chi connectivity index (χ1n) is 9.06. The zero-order valence-electron chi connectivity index (χ0n) is 15.7. The van der Waals surface area contributed by atoms with Crippen molar-refractivity contribution >= 4 is 10.0 Å². The summed E-state index contributed by atoms with van der Waals surface area (Å²) in [5.41, 5.74) is 3.58. The number of rotatable bonds is 6. The summed E-state index contributed by atoms with van der Waals surface area (Å²) in [4.78, 5) is 0.242. The van der Waals surface area contributed by atoms with Crippen LogP contribution in [0, 0.1) is 6.92 Å². The Morgan fingerprint density at radius 1 is 0.828 bits per heavy atom. The molecule has 29 heavy (non-hydrogen) atoms. The molecule has 0 bridgehead atoms. The lowest BCUT2D eigenvalue weighted by molar-refractivity contribution is 0.580. The largest absolute Gasteiger partial charge is 0.416 e. The summed E-state index contributed by atoms with van der Waals surface area (Å²) in [6.07, 6.45) is 0. The van der Waals surface area contributed by atoms with Gasteiger partial charge in [-0.25, -0.2) is 13.1 Å². The molecule has 0 aliphatic carbocycles. The van der Waals surface area contributed by atoms with Gasteiger partial charge in [0.25, 0.3) is 0 Å². The van der Waals surface area contributed by atoms with Gasteiger partial charge in [-0.05, 0) is 48.9 Å². The molecular weight excluding hydrogens is 386 g/mol. The van der Waals surface area contributed by atoms with Gasteiger partial charge in [0.05, 0.1) is 4.90 Å². The summed E-state index contributed by atoms with van der Waals surface area (Å²) in [6.45, 7) is 2.20. The van der Waals surface area contributed by atoms with Crippen LogP contribution in [0.25, 0.3) is 22.9 Å². The zero-order valence-corrected chi connectivity index (χ0v) is 16.6. The molecule has 4 aromatic rings. The molecule has 0 amide bonds. The second-order valence-corrected chi connectivity index (χ2v) is 8.38. The van der Waals surface area contributed by atoms with Gasteiger partial charge in [0.2, 0.25) is 21.8 Å². The molecule has 0 radical (unpaired) electrons. The topological polar surface area (TPSA) is 85.1 Å². The molecule has 0 unspecified atom stereocenters. The number of nitrogens with zero attached hydrogens (tertiary/aromatic N) is 2. The Morgan fingerprint density at radius 3 is 2.21 bits per heavy atom. The van der Waals surface area contributed by atoms with Gasteiger partial charge in [-0.15, -0.1) is 10.2 Å².